The van der Waals surface area contributed by atoms with Gasteiger partial charge in [-0.2, -0.15) is 0 Å². The summed E-state index contributed by atoms with van der Waals surface area (Å²) < 4.78 is 1.36. The summed E-state index contributed by atoms with van der Waals surface area (Å²) >= 11 is 0. The molecule has 0 spiro atoms. The van der Waals surface area contributed by atoms with Crippen molar-refractivity contribution in [1.29, 1.82) is 0 Å². The number of hydrogen-bond acceptors (Lipinski definition) is 3. The Hall–Kier alpha value is -1.52. The van der Waals surface area contributed by atoms with E-state index in [1.165, 1.54) is 4.57 Å². The first-order valence-corrected chi connectivity index (χ1v) is 6.55. The van der Waals surface area contributed by atoms with Gasteiger partial charge in [-0.1, -0.05) is 27.2 Å². The molecule has 0 aliphatic heterocycles. The molecule has 2 rings (SSSR count). The lowest BCUT2D eigenvalue weighted by Gasteiger charge is -2.13. The van der Waals surface area contributed by atoms with Crippen LogP contribution in [0.3, 0.4) is 0 Å². The van der Waals surface area contributed by atoms with Crippen LogP contribution in [0.2, 0.25) is 0 Å². The van der Waals surface area contributed by atoms with Crippen molar-refractivity contribution >= 4 is 0 Å². The summed E-state index contributed by atoms with van der Waals surface area (Å²) in [6.07, 6.45) is 3.02. The topological polar surface area (TPSA) is 75.1 Å². The van der Waals surface area contributed by atoms with Gasteiger partial charge in [-0.25, -0.2) is 4.79 Å². The molecule has 1 aliphatic carbocycles. The van der Waals surface area contributed by atoms with Crippen molar-refractivity contribution < 1.29 is 5.11 Å². The summed E-state index contributed by atoms with van der Waals surface area (Å²) in [4.78, 5) is 25.8. The van der Waals surface area contributed by atoms with Gasteiger partial charge in [-0.05, 0) is 24.7 Å². The third-order valence-electron chi connectivity index (χ3n) is 3.61. The SMILES string of the molecule is CCCC1CC1n1c(O)c(C(C)C)c(=O)[nH]c1=O. The van der Waals surface area contributed by atoms with E-state index in [4.69, 9.17) is 0 Å². The van der Waals surface area contributed by atoms with Gasteiger partial charge >= 0.3 is 5.69 Å². The Kier molecular flexibility index (Phi) is 3.32. The third-order valence-corrected chi connectivity index (χ3v) is 3.61. The molecule has 5 nitrogen and oxygen atoms in total. The predicted molar refractivity (Wildman–Crippen MR) is 69.1 cm³/mol. The molecule has 1 aromatic rings. The third kappa shape index (κ3) is 2.09. The molecule has 1 aromatic heterocycles. The van der Waals surface area contributed by atoms with Crippen molar-refractivity contribution in [3.8, 4) is 5.88 Å². The highest BCUT2D eigenvalue weighted by Gasteiger charge is 2.40. The van der Waals surface area contributed by atoms with Gasteiger partial charge in [0.15, 0.2) is 0 Å². The van der Waals surface area contributed by atoms with E-state index in [9.17, 15) is 14.7 Å². The summed E-state index contributed by atoms with van der Waals surface area (Å²) in [5.41, 5.74) is -0.668. The molecule has 2 atom stereocenters. The predicted octanol–water partition coefficient (Wildman–Crippen LogP) is 1.73. The first-order valence-electron chi connectivity index (χ1n) is 6.55. The number of aromatic nitrogens is 2. The largest absolute Gasteiger partial charge is 0.494 e. The van der Waals surface area contributed by atoms with Gasteiger partial charge in [0, 0.05) is 6.04 Å². The monoisotopic (exact) mass is 252 g/mol. The first kappa shape index (κ1) is 12.9. The molecule has 0 saturated heterocycles. The van der Waals surface area contributed by atoms with E-state index in [2.05, 4.69) is 11.9 Å². The van der Waals surface area contributed by atoms with E-state index in [0.29, 0.717) is 11.5 Å². The van der Waals surface area contributed by atoms with Gasteiger partial charge in [0.05, 0.1) is 5.56 Å². The van der Waals surface area contributed by atoms with Crippen LogP contribution in [-0.4, -0.2) is 14.7 Å². The summed E-state index contributed by atoms with van der Waals surface area (Å²) in [6, 6.07) is 0.0480. The van der Waals surface area contributed by atoms with Crippen LogP contribution < -0.4 is 11.2 Å². The van der Waals surface area contributed by atoms with Crippen molar-refractivity contribution in [3.63, 3.8) is 0 Å². The Balaban J connectivity index is 2.46. The average Bonchev–Trinajstić information content (AvgIpc) is 2.96. The first-order chi connectivity index (χ1) is 8.47. The Bertz CT molecular complexity index is 556. The number of rotatable bonds is 4. The van der Waals surface area contributed by atoms with Crippen LogP contribution in [0.4, 0.5) is 0 Å². The second-order valence-electron chi connectivity index (χ2n) is 5.37. The molecule has 1 aliphatic rings. The van der Waals surface area contributed by atoms with Crippen molar-refractivity contribution in [3.05, 3.63) is 26.4 Å². The molecule has 2 N–H and O–H groups in total. The lowest BCUT2D eigenvalue weighted by molar-refractivity contribution is 0.384. The zero-order chi connectivity index (χ0) is 13.4. The van der Waals surface area contributed by atoms with E-state index in [1.54, 1.807) is 0 Å². The minimum Gasteiger partial charge on any atom is -0.494 e. The molecule has 0 radical (unpaired) electrons. The summed E-state index contributed by atoms with van der Waals surface area (Å²) in [6.45, 7) is 5.76. The van der Waals surface area contributed by atoms with Crippen LogP contribution in [0, 0.1) is 5.92 Å². The lowest BCUT2D eigenvalue weighted by atomic mass is 10.1. The van der Waals surface area contributed by atoms with Crippen molar-refractivity contribution in [2.45, 2.75) is 52.0 Å². The highest BCUT2D eigenvalue weighted by Crippen LogP contribution is 2.47. The fourth-order valence-corrected chi connectivity index (χ4v) is 2.61. The standard InChI is InChI=1S/C13H20N2O3/c1-4-5-8-6-9(8)15-12(17)10(7(2)3)11(16)14-13(15)18/h7-9,17H,4-6H2,1-3H3,(H,14,16,18). The molecule has 100 valence electrons. The molecular formula is C13H20N2O3. The van der Waals surface area contributed by atoms with Gasteiger partial charge in [0.1, 0.15) is 0 Å². The maximum atomic E-state index is 11.8. The molecule has 1 fully saturated rings. The molecule has 0 aromatic carbocycles. The summed E-state index contributed by atoms with van der Waals surface area (Å²) in [5.74, 6) is 0.191. The molecule has 0 amide bonds. The smallest absolute Gasteiger partial charge is 0.331 e. The maximum absolute atomic E-state index is 11.8. The zero-order valence-corrected chi connectivity index (χ0v) is 11.1. The zero-order valence-electron chi connectivity index (χ0n) is 11.1. The quantitative estimate of drug-likeness (QED) is 0.856. The van der Waals surface area contributed by atoms with Gasteiger partial charge in [-0.3, -0.25) is 14.3 Å². The Morgan fingerprint density at radius 1 is 1.44 bits per heavy atom. The Morgan fingerprint density at radius 2 is 2.11 bits per heavy atom. The molecule has 5 heteroatoms. The number of aromatic hydroxyl groups is 1. The van der Waals surface area contributed by atoms with Gasteiger partial charge in [-0.15, -0.1) is 0 Å². The van der Waals surface area contributed by atoms with E-state index < -0.39 is 11.2 Å². The van der Waals surface area contributed by atoms with Crippen LogP contribution in [-0.2, 0) is 0 Å². The van der Waals surface area contributed by atoms with Gasteiger partial charge in [0.2, 0.25) is 5.88 Å². The van der Waals surface area contributed by atoms with Crippen molar-refractivity contribution in [1.82, 2.24) is 9.55 Å². The van der Waals surface area contributed by atoms with Crippen LogP contribution in [0.5, 0.6) is 5.88 Å². The summed E-state index contributed by atoms with van der Waals surface area (Å²) in [5, 5.41) is 10.2. The minimum atomic E-state index is -0.495. The van der Waals surface area contributed by atoms with Crippen LogP contribution in [0.25, 0.3) is 0 Å². The van der Waals surface area contributed by atoms with Crippen molar-refractivity contribution in [2.75, 3.05) is 0 Å². The molecular weight excluding hydrogens is 232 g/mol. The second-order valence-corrected chi connectivity index (χ2v) is 5.37. The van der Waals surface area contributed by atoms with E-state index >= 15 is 0 Å². The highest BCUT2D eigenvalue weighted by molar-refractivity contribution is 5.27. The van der Waals surface area contributed by atoms with Gasteiger partial charge in [0.25, 0.3) is 5.56 Å². The van der Waals surface area contributed by atoms with E-state index in [0.717, 1.165) is 19.3 Å². The number of aromatic amines is 1. The second kappa shape index (κ2) is 4.63. The Labute approximate surface area is 105 Å². The van der Waals surface area contributed by atoms with Crippen LogP contribution in [0.1, 0.15) is 57.6 Å². The van der Waals surface area contributed by atoms with Gasteiger partial charge < -0.3 is 5.11 Å². The number of H-pyrrole nitrogens is 1. The fourth-order valence-electron chi connectivity index (χ4n) is 2.61. The number of nitrogens with zero attached hydrogens (tertiary/aromatic N) is 1. The molecule has 18 heavy (non-hydrogen) atoms. The normalized spacial score (nSPS) is 22.4. The fraction of sp³-hybridized carbons (Fsp3) is 0.692. The molecule has 1 heterocycles. The Morgan fingerprint density at radius 3 is 2.67 bits per heavy atom. The van der Waals surface area contributed by atoms with Crippen LogP contribution >= 0.6 is 0 Å². The lowest BCUT2D eigenvalue weighted by Crippen LogP contribution is -2.32. The molecule has 2 unspecified atom stereocenters. The summed E-state index contributed by atoms with van der Waals surface area (Å²) in [7, 11) is 0. The molecule has 0 bridgehead atoms. The average molecular weight is 252 g/mol. The maximum Gasteiger partial charge on any atom is 0.331 e. The van der Waals surface area contributed by atoms with E-state index in [1.807, 2.05) is 13.8 Å². The minimum absolute atomic E-state index is 0.0480. The number of nitrogens with one attached hydrogen (secondary N) is 1. The van der Waals surface area contributed by atoms with Crippen molar-refractivity contribution in [2.24, 2.45) is 5.92 Å². The highest BCUT2D eigenvalue weighted by atomic mass is 16.3. The molecule has 1 saturated carbocycles. The number of hydrogen-bond donors (Lipinski definition) is 2. The van der Waals surface area contributed by atoms with E-state index in [-0.39, 0.29) is 17.8 Å². The van der Waals surface area contributed by atoms with Crippen LogP contribution in [0.15, 0.2) is 9.59 Å².